The fourth-order valence-electron chi connectivity index (χ4n) is 6.74. The number of ether oxygens (including phenoxy) is 2. The molecule has 0 saturated heterocycles. The van der Waals surface area contributed by atoms with E-state index >= 15 is 0 Å². The molecule has 50 heavy (non-hydrogen) atoms. The van der Waals surface area contributed by atoms with Gasteiger partial charge in [0.15, 0.2) is 0 Å². The number of benzene rings is 6. The molecule has 0 saturated carbocycles. The van der Waals surface area contributed by atoms with Gasteiger partial charge in [-0.25, -0.2) is 4.90 Å². The van der Waals surface area contributed by atoms with Crippen LogP contribution in [0.25, 0.3) is 10.8 Å². The summed E-state index contributed by atoms with van der Waals surface area (Å²) >= 11 is 0. The zero-order valence-corrected chi connectivity index (χ0v) is 28.5. The molecule has 1 atom stereocenters. The number of nitrogens with zero attached hydrogens (tertiary/aromatic N) is 1. The second-order valence-electron chi connectivity index (χ2n) is 13.3. The molecule has 250 valence electrons. The maximum absolute atomic E-state index is 13.7. The number of aromatic hydroxyl groups is 2. The van der Waals surface area contributed by atoms with E-state index < -0.39 is 11.8 Å². The number of fused-ring (bicyclic) bond motifs is 2. The van der Waals surface area contributed by atoms with Crippen molar-refractivity contribution in [1.82, 2.24) is 0 Å². The van der Waals surface area contributed by atoms with Crippen molar-refractivity contribution >= 4 is 28.3 Å². The first-order valence-electron chi connectivity index (χ1n) is 16.5. The molecule has 0 spiro atoms. The second-order valence-corrected chi connectivity index (χ2v) is 13.3. The summed E-state index contributed by atoms with van der Waals surface area (Å²) in [5.41, 5.74) is 5.25. The highest BCUT2D eigenvalue weighted by Gasteiger charge is 2.37. The first-order chi connectivity index (χ1) is 24.0. The van der Waals surface area contributed by atoms with Crippen molar-refractivity contribution in [2.24, 2.45) is 0 Å². The summed E-state index contributed by atoms with van der Waals surface area (Å²) in [6.45, 7) is 8.16. The van der Waals surface area contributed by atoms with E-state index in [0.717, 1.165) is 28.0 Å². The van der Waals surface area contributed by atoms with Crippen LogP contribution in [-0.4, -0.2) is 29.1 Å². The number of carbonyl (C=O) groups is 2. The molecule has 2 amide bonds. The smallest absolute Gasteiger partial charge is 0.266 e. The van der Waals surface area contributed by atoms with Crippen molar-refractivity contribution in [2.75, 3.05) is 12.0 Å². The topological polar surface area (TPSA) is 96.3 Å². The van der Waals surface area contributed by atoms with Crippen molar-refractivity contribution in [3.63, 3.8) is 0 Å². The summed E-state index contributed by atoms with van der Waals surface area (Å²) in [5, 5.41) is 23.1. The Morgan fingerprint density at radius 1 is 0.680 bits per heavy atom. The molecule has 0 aliphatic carbocycles. The van der Waals surface area contributed by atoms with Crippen molar-refractivity contribution < 1.29 is 29.3 Å². The maximum Gasteiger partial charge on any atom is 0.266 e. The highest BCUT2D eigenvalue weighted by molar-refractivity contribution is 6.34. The van der Waals surface area contributed by atoms with Gasteiger partial charge in [-0.2, -0.15) is 0 Å². The molecule has 0 fully saturated rings. The molecule has 6 aromatic carbocycles. The van der Waals surface area contributed by atoms with Crippen LogP contribution in [0.5, 0.6) is 28.7 Å². The molecule has 1 heterocycles. The number of carbonyl (C=O) groups excluding carboxylic acids is 2. The number of phenols is 2. The predicted octanol–water partition coefficient (Wildman–Crippen LogP) is 9.64. The second kappa shape index (κ2) is 12.4. The summed E-state index contributed by atoms with van der Waals surface area (Å²) in [4.78, 5) is 28.5. The highest BCUT2D eigenvalue weighted by atomic mass is 16.5. The van der Waals surface area contributed by atoms with Crippen LogP contribution < -0.4 is 14.4 Å². The van der Waals surface area contributed by atoms with Crippen LogP contribution >= 0.6 is 0 Å². The Kier molecular flexibility index (Phi) is 8.07. The molecular weight excluding hydrogens is 626 g/mol. The van der Waals surface area contributed by atoms with Gasteiger partial charge in [-0.05, 0) is 90.3 Å². The molecule has 6 aromatic rings. The van der Waals surface area contributed by atoms with Gasteiger partial charge in [0.2, 0.25) is 0 Å². The predicted molar refractivity (Wildman–Crippen MR) is 195 cm³/mol. The molecule has 0 bridgehead atoms. The third-order valence-corrected chi connectivity index (χ3v) is 9.85. The fraction of sp³-hybridized carbons (Fsp3) is 0.163. The number of rotatable bonds is 8. The van der Waals surface area contributed by atoms with Gasteiger partial charge in [-0.1, -0.05) is 74.9 Å². The van der Waals surface area contributed by atoms with Gasteiger partial charge in [0.25, 0.3) is 11.8 Å². The fourth-order valence-corrected chi connectivity index (χ4v) is 6.74. The third kappa shape index (κ3) is 5.60. The van der Waals surface area contributed by atoms with E-state index in [1.165, 1.54) is 4.90 Å². The Labute approximate surface area is 291 Å². The molecular formula is C43H37NO6. The van der Waals surface area contributed by atoms with Gasteiger partial charge in [0, 0.05) is 27.7 Å². The van der Waals surface area contributed by atoms with Gasteiger partial charge in [-0.15, -0.1) is 0 Å². The molecule has 0 aromatic heterocycles. The molecule has 0 radical (unpaired) electrons. The van der Waals surface area contributed by atoms with Crippen LogP contribution in [-0.2, 0) is 5.41 Å². The van der Waals surface area contributed by atoms with Gasteiger partial charge in [0.1, 0.15) is 28.7 Å². The number of aryl methyl sites for hydroxylation is 1. The minimum Gasteiger partial charge on any atom is -0.507 e. The molecule has 1 aliphatic heterocycles. The van der Waals surface area contributed by atoms with Gasteiger partial charge < -0.3 is 19.7 Å². The van der Waals surface area contributed by atoms with Crippen molar-refractivity contribution in [3.8, 4) is 28.7 Å². The highest BCUT2D eigenvalue weighted by Crippen LogP contribution is 2.42. The van der Waals surface area contributed by atoms with Crippen LogP contribution in [0.2, 0.25) is 0 Å². The first kappa shape index (κ1) is 32.5. The molecule has 1 aliphatic rings. The Bertz CT molecular complexity index is 2290. The molecule has 2 N–H and O–H groups in total. The molecule has 1 unspecified atom stereocenters. The molecule has 7 nitrogen and oxygen atoms in total. The first-order valence-corrected chi connectivity index (χ1v) is 16.5. The third-order valence-electron chi connectivity index (χ3n) is 9.85. The number of hydrogen-bond donors (Lipinski definition) is 2. The normalized spacial score (nSPS) is 13.4. The van der Waals surface area contributed by atoms with E-state index in [-0.39, 0.29) is 28.4 Å². The SMILES string of the molecule is COc1ccc(C(C)(C)c2ccc(Oc3ccc4c(c3)C(=O)N(c3cccc(C(C)c5cc(O)c6ccc(C)cc6c5O)c3)C4=O)cc2)cc1. The van der Waals surface area contributed by atoms with Crippen LogP contribution in [0.1, 0.15) is 75.2 Å². The van der Waals surface area contributed by atoms with E-state index in [4.69, 9.17) is 9.47 Å². The Hall–Kier alpha value is -6.08. The Balaban J connectivity index is 1.11. The van der Waals surface area contributed by atoms with E-state index in [2.05, 4.69) is 26.0 Å². The van der Waals surface area contributed by atoms with Crippen LogP contribution in [0.3, 0.4) is 0 Å². The number of imide groups is 1. The molecule has 7 heteroatoms. The minimum atomic E-state index is -0.446. The zero-order valence-electron chi connectivity index (χ0n) is 28.5. The Morgan fingerprint density at radius 3 is 2.00 bits per heavy atom. The lowest BCUT2D eigenvalue weighted by atomic mass is 9.78. The van der Waals surface area contributed by atoms with Crippen LogP contribution in [0.15, 0.2) is 115 Å². The average Bonchev–Trinajstić information content (AvgIpc) is 3.37. The van der Waals surface area contributed by atoms with E-state index in [1.807, 2.05) is 68.4 Å². The lowest BCUT2D eigenvalue weighted by molar-refractivity contribution is 0.0926. The molecule has 7 rings (SSSR count). The van der Waals surface area contributed by atoms with E-state index in [1.54, 1.807) is 55.6 Å². The largest absolute Gasteiger partial charge is 0.507 e. The zero-order chi connectivity index (χ0) is 35.3. The summed E-state index contributed by atoms with van der Waals surface area (Å²) in [6, 6.07) is 35.0. The average molecular weight is 664 g/mol. The summed E-state index contributed by atoms with van der Waals surface area (Å²) in [5.74, 6) is 0.793. The monoisotopic (exact) mass is 663 g/mol. The van der Waals surface area contributed by atoms with Crippen molar-refractivity contribution in [1.29, 1.82) is 0 Å². The quantitative estimate of drug-likeness (QED) is 0.124. The van der Waals surface area contributed by atoms with Crippen LogP contribution in [0, 0.1) is 6.92 Å². The summed E-state index contributed by atoms with van der Waals surface area (Å²) < 4.78 is 11.5. The summed E-state index contributed by atoms with van der Waals surface area (Å²) in [7, 11) is 1.65. The summed E-state index contributed by atoms with van der Waals surface area (Å²) in [6.07, 6.45) is 0. The van der Waals surface area contributed by atoms with Gasteiger partial charge in [0.05, 0.1) is 23.9 Å². The number of amides is 2. The number of hydrogen-bond acceptors (Lipinski definition) is 6. The lowest BCUT2D eigenvalue weighted by Crippen LogP contribution is -2.29. The van der Waals surface area contributed by atoms with Gasteiger partial charge in [-0.3, -0.25) is 9.59 Å². The van der Waals surface area contributed by atoms with Crippen LogP contribution in [0.4, 0.5) is 5.69 Å². The Morgan fingerprint density at radius 2 is 1.32 bits per heavy atom. The van der Waals surface area contributed by atoms with Crippen molar-refractivity contribution in [3.05, 3.63) is 154 Å². The maximum atomic E-state index is 13.7. The minimum absolute atomic E-state index is 0.0718. The van der Waals surface area contributed by atoms with Gasteiger partial charge >= 0.3 is 0 Å². The van der Waals surface area contributed by atoms with E-state index in [9.17, 15) is 19.8 Å². The number of phenolic OH excluding ortho intramolecular Hbond substituents is 2. The standard InChI is InChI=1S/C43H37NO6/c1-25-9-19-34-37(21-25)40(46)36(24-39(34)45)26(2)27-7-6-8-30(22-27)44-41(47)35-20-18-33(23-38(35)42(44)48)50-32-16-12-29(13-17-32)43(3,4)28-10-14-31(49-5)15-11-28/h6-24,26,45-46H,1-5H3. The van der Waals surface area contributed by atoms with E-state index in [0.29, 0.717) is 39.1 Å². The number of methoxy groups -OCH3 is 1. The lowest BCUT2D eigenvalue weighted by Gasteiger charge is -2.26. The van der Waals surface area contributed by atoms with Crippen molar-refractivity contribution in [2.45, 2.75) is 39.0 Å². The number of anilines is 1.